The number of aromatic nitrogens is 1. The first-order valence-corrected chi connectivity index (χ1v) is 7.98. The number of carbonyl (C=O) groups excluding carboxylic acids is 1. The lowest BCUT2D eigenvalue weighted by atomic mass is 10.1. The summed E-state index contributed by atoms with van der Waals surface area (Å²) in [4.78, 5) is 16.5. The molecule has 0 unspecified atom stereocenters. The van der Waals surface area contributed by atoms with E-state index in [-0.39, 0.29) is 12.7 Å². The standard InChI is InChI=1S/C20H16N2O3/c23-19(22-12-14-6-8-17-18(11-14)25-13-24-17)9-7-16-4-1-3-15-5-2-10-21-20(15)16/h1-11H,12-13H2,(H,22,23)/b9-7+. The third kappa shape index (κ3) is 3.30. The minimum atomic E-state index is -0.161. The van der Waals surface area contributed by atoms with Gasteiger partial charge in [-0.25, -0.2) is 0 Å². The molecule has 5 heteroatoms. The second kappa shape index (κ2) is 6.65. The van der Waals surface area contributed by atoms with Crippen molar-refractivity contribution in [3.05, 3.63) is 71.9 Å². The molecule has 0 radical (unpaired) electrons. The van der Waals surface area contributed by atoms with Crippen LogP contribution in [0.2, 0.25) is 0 Å². The number of nitrogens with one attached hydrogen (secondary N) is 1. The van der Waals surface area contributed by atoms with Gasteiger partial charge in [-0.2, -0.15) is 0 Å². The molecule has 5 nitrogen and oxygen atoms in total. The van der Waals surface area contributed by atoms with Crippen LogP contribution < -0.4 is 14.8 Å². The van der Waals surface area contributed by atoms with Gasteiger partial charge >= 0.3 is 0 Å². The van der Waals surface area contributed by atoms with E-state index in [1.807, 2.05) is 48.5 Å². The third-order valence-corrected chi connectivity index (χ3v) is 3.98. The van der Waals surface area contributed by atoms with Crippen LogP contribution in [0, 0.1) is 0 Å². The zero-order valence-electron chi connectivity index (χ0n) is 13.4. The lowest BCUT2D eigenvalue weighted by Gasteiger charge is -2.04. The Balaban J connectivity index is 1.42. The van der Waals surface area contributed by atoms with Gasteiger partial charge in [-0.05, 0) is 29.8 Å². The molecule has 1 aliphatic rings. The fraction of sp³-hybridized carbons (Fsp3) is 0.100. The molecule has 3 aromatic rings. The van der Waals surface area contributed by atoms with E-state index in [4.69, 9.17) is 9.47 Å². The fourth-order valence-corrected chi connectivity index (χ4v) is 2.73. The first-order valence-electron chi connectivity index (χ1n) is 7.98. The van der Waals surface area contributed by atoms with E-state index in [9.17, 15) is 4.79 Å². The summed E-state index contributed by atoms with van der Waals surface area (Å²) in [5, 5.41) is 3.91. The average Bonchev–Trinajstić information content (AvgIpc) is 3.12. The monoisotopic (exact) mass is 332 g/mol. The van der Waals surface area contributed by atoms with Gasteiger partial charge < -0.3 is 14.8 Å². The Bertz CT molecular complexity index is 961. The molecular formula is C20H16N2O3. The van der Waals surface area contributed by atoms with E-state index in [0.717, 1.165) is 27.8 Å². The predicted molar refractivity (Wildman–Crippen MR) is 95.2 cm³/mol. The SMILES string of the molecule is O=C(/C=C/c1cccc2cccnc12)NCc1ccc2c(c1)OCO2. The van der Waals surface area contributed by atoms with E-state index in [2.05, 4.69) is 10.3 Å². The van der Waals surface area contributed by atoms with Gasteiger partial charge in [0, 0.05) is 29.8 Å². The van der Waals surface area contributed by atoms with Gasteiger partial charge in [0.2, 0.25) is 12.7 Å². The number of amides is 1. The molecule has 0 spiro atoms. The molecule has 1 aromatic heterocycles. The molecule has 0 saturated carbocycles. The van der Waals surface area contributed by atoms with Gasteiger partial charge in [0.1, 0.15) is 0 Å². The van der Waals surface area contributed by atoms with Crippen molar-refractivity contribution >= 4 is 22.9 Å². The van der Waals surface area contributed by atoms with E-state index < -0.39 is 0 Å². The minimum absolute atomic E-state index is 0.161. The lowest BCUT2D eigenvalue weighted by Crippen LogP contribution is -2.20. The summed E-state index contributed by atoms with van der Waals surface area (Å²) in [5.74, 6) is 1.29. The minimum Gasteiger partial charge on any atom is -0.454 e. The largest absolute Gasteiger partial charge is 0.454 e. The number of carbonyl (C=O) groups is 1. The van der Waals surface area contributed by atoms with Crippen molar-refractivity contribution < 1.29 is 14.3 Å². The zero-order valence-corrected chi connectivity index (χ0v) is 13.4. The van der Waals surface area contributed by atoms with Crippen LogP contribution in [-0.2, 0) is 11.3 Å². The molecule has 1 N–H and O–H groups in total. The van der Waals surface area contributed by atoms with E-state index in [1.54, 1.807) is 12.3 Å². The molecule has 0 fully saturated rings. The summed E-state index contributed by atoms with van der Waals surface area (Å²) in [6, 6.07) is 15.4. The average molecular weight is 332 g/mol. The van der Waals surface area contributed by atoms with Crippen LogP contribution in [0.3, 0.4) is 0 Å². The Morgan fingerprint density at radius 3 is 2.96 bits per heavy atom. The Labute approximate surface area is 144 Å². The normalized spacial score (nSPS) is 12.6. The number of nitrogens with zero attached hydrogens (tertiary/aromatic N) is 1. The van der Waals surface area contributed by atoms with Crippen LogP contribution in [0.4, 0.5) is 0 Å². The fourth-order valence-electron chi connectivity index (χ4n) is 2.73. The van der Waals surface area contributed by atoms with Gasteiger partial charge in [0.25, 0.3) is 0 Å². The van der Waals surface area contributed by atoms with E-state index >= 15 is 0 Å². The molecular weight excluding hydrogens is 316 g/mol. The molecule has 1 aliphatic heterocycles. The molecule has 2 heterocycles. The topological polar surface area (TPSA) is 60.5 Å². The predicted octanol–water partition coefficient (Wildman–Crippen LogP) is 3.29. The van der Waals surface area contributed by atoms with Gasteiger partial charge in [0.05, 0.1) is 5.52 Å². The molecule has 0 atom stereocenters. The number of benzene rings is 2. The highest BCUT2D eigenvalue weighted by Gasteiger charge is 2.13. The number of hydrogen-bond donors (Lipinski definition) is 1. The van der Waals surface area contributed by atoms with Crippen molar-refractivity contribution in [3.63, 3.8) is 0 Å². The summed E-state index contributed by atoms with van der Waals surface area (Å²) < 4.78 is 10.6. The Morgan fingerprint density at radius 1 is 1.12 bits per heavy atom. The Morgan fingerprint density at radius 2 is 2.00 bits per heavy atom. The lowest BCUT2D eigenvalue weighted by molar-refractivity contribution is -0.116. The second-order valence-corrected chi connectivity index (χ2v) is 5.66. The summed E-state index contributed by atoms with van der Waals surface area (Å²) >= 11 is 0. The van der Waals surface area contributed by atoms with Crippen molar-refractivity contribution in [2.75, 3.05) is 6.79 Å². The number of ether oxygens (including phenoxy) is 2. The number of rotatable bonds is 4. The van der Waals surface area contributed by atoms with Crippen LogP contribution in [-0.4, -0.2) is 17.7 Å². The van der Waals surface area contributed by atoms with Gasteiger partial charge in [-0.1, -0.05) is 30.3 Å². The molecule has 25 heavy (non-hydrogen) atoms. The maximum absolute atomic E-state index is 12.1. The highest BCUT2D eigenvalue weighted by molar-refractivity contribution is 5.95. The molecule has 2 aromatic carbocycles. The maximum Gasteiger partial charge on any atom is 0.244 e. The first-order chi connectivity index (χ1) is 12.3. The quantitative estimate of drug-likeness (QED) is 0.745. The molecule has 0 bridgehead atoms. The molecule has 124 valence electrons. The molecule has 1 amide bonds. The zero-order chi connectivity index (χ0) is 17.1. The Kier molecular flexibility index (Phi) is 4.04. The van der Waals surface area contributed by atoms with E-state index in [1.165, 1.54) is 6.08 Å². The number of para-hydroxylation sites is 1. The second-order valence-electron chi connectivity index (χ2n) is 5.66. The first kappa shape index (κ1) is 15.2. The number of hydrogen-bond acceptors (Lipinski definition) is 4. The van der Waals surface area contributed by atoms with Gasteiger partial charge in [-0.3, -0.25) is 9.78 Å². The third-order valence-electron chi connectivity index (χ3n) is 3.98. The highest BCUT2D eigenvalue weighted by Crippen LogP contribution is 2.32. The van der Waals surface area contributed by atoms with Gasteiger partial charge in [0.15, 0.2) is 11.5 Å². The van der Waals surface area contributed by atoms with Crippen LogP contribution in [0.15, 0.2) is 60.8 Å². The van der Waals surface area contributed by atoms with Crippen molar-refractivity contribution in [3.8, 4) is 11.5 Å². The molecule has 0 aliphatic carbocycles. The summed E-state index contributed by atoms with van der Waals surface area (Å²) in [6.45, 7) is 0.667. The molecule has 4 rings (SSSR count). The van der Waals surface area contributed by atoms with Crippen LogP contribution >= 0.6 is 0 Å². The van der Waals surface area contributed by atoms with Crippen molar-refractivity contribution in [1.29, 1.82) is 0 Å². The molecule has 0 saturated heterocycles. The van der Waals surface area contributed by atoms with Crippen molar-refractivity contribution in [2.45, 2.75) is 6.54 Å². The van der Waals surface area contributed by atoms with Crippen LogP contribution in [0.1, 0.15) is 11.1 Å². The van der Waals surface area contributed by atoms with E-state index in [0.29, 0.717) is 12.3 Å². The van der Waals surface area contributed by atoms with Crippen LogP contribution in [0.25, 0.3) is 17.0 Å². The van der Waals surface area contributed by atoms with Crippen molar-refractivity contribution in [1.82, 2.24) is 10.3 Å². The summed E-state index contributed by atoms with van der Waals surface area (Å²) in [6.07, 6.45) is 5.06. The number of fused-ring (bicyclic) bond motifs is 2. The number of pyridine rings is 1. The van der Waals surface area contributed by atoms with Gasteiger partial charge in [-0.15, -0.1) is 0 Å². The summed E-state index contributed by atoms with van der Waals surface area (Å²) in [5.41, 5.74) is 2.75. The maximum atomic E-state index is 12.1. The smallest absolute Gasteiger partial charge is 0.244 e. The van der Waals surface area contributed by atoms with Crippen LogP contribution in [0.5, 0.6) is 11.5 Å². The highest BCUT2D eigenvalue weighted by atomic mass is 16.7. The van der Waals surface area contributed by atoms with Crippen molar-refractivity contribution in [2.24, 2.45) is 0 Å². The Hall–Kier alpha value is -3.34. The summed E-state index contributed by atoms with van der Waals surface area (Å²) in [7, 11) is 0.